The van der Waals surface area contributed by atoms with Crippen LogP contribution in [0, 0.1) is 6.92 Å². The molecule has 3 aromatic carbocycles. The summed E-state index contributed by atoms with van der Waals surface area (Å²) in [5, 5.41) is 0. The lowest BCUT2D eigenvalue weighted by Gasteiger charge is -2.24. The molecule has 7 heteroatoms. The first kappa shape index (κ1) is 25.4. The molecule has 2 heterocycles. The molecule has 1 aliphatic rings. The summed E-state index contributed by atoms with van der Waals surface area (Å²) in [6.07, 6.45) is 1.83. The van der Waals surface area contributed by atoms with Crippen LogP contribution in [-0.4, -0.2) is 17.1 Å². The number of carbonyl (C=O) groups excluding carboxylic acids is 1. The van der Waals surface area contributed by atoms with E-state index in [4.69, 9.17) is 9.47 Å². The van der Waals surface area contributed by atoms with Crippen LogP contribution in [0.5, 0.6) is 5.75 Å². The van der Waals surface area contributed by atoms with Crippen molar-refractivity contribution in [3.8, 4) is 5.75 Å². The van der Waals surface area contributed by atoms with Gasteiger partial charge in [-0.15, -0.1) is 0 Å². The molecule has 4 aromatic rings. The molecule has 0 unspecified atom stereocenters. The van der Waals surface area contributed by atoms with Crippen molar-refractivity contribution in [3.63, 3.8) is 0 Å². The zero-order valence-electron chi connectivity index (χ0n) is 21.5. The fraction of sp³-hybridized carbons (Fsp3) is 0.194. The molecular formula is C31H28N2O4S. The van der Waals surface area contributed by atoms with Crippen LogP contribution >= 0.6 is 11.3 Å². The Morgan fingerprint density at radius 1 is 1.00 bits per heavy atom. The normalized spacial score (nSPS) is 15.1. The van der Waals surface area contributed by atoms with E-state index in [1.807, 2.05) is 91.9 Å². The first-order chi connectivity index (χ1) is 18.5. The summed E-state index contributed by atoms with van der Waals surface area (Å²) in [6, 6.07) is 24.8. The fourth-order valence-electron chi connectivity index (χ4n) is 4.46. The topological polar surface area (TPSA) is 69.9 Å². The van der Waals surface area contributed by atoms with Crippen LogP contribution in [-0.2, 0) is 16.1 Å². The van der Waals surface area contributed by atoms with E-state index in [-0.39, 0.29) is 12.2 Å². The van der Waals surface area contributed by atoms with Gasteiger partial charge in [0, 0.05) is 5.56 Å². The summed E-state index contributed by atoms with van der Waals surface area (Å²) >= 11 is 1.30. The molecule has 1 aromatic heterocycles. The SMILES string of the molecule is CCOC(=O)C1=C(C)N=c2s/c(=C\c3ccccc3OCc3ccccc3)c(=O)n2[C@H]1c1ccc(C)cc1. The van der Waals surface area contributed by atoms with E-state index in [1.165, 1.54) is 11.3 Å². The minimum absolute atomic E-state index is 0.216. The second kappa shape index (κ2) is 11.0. The van der Waals surface area contributed by atoms with Gasteiger partial charge in [-0.3, -0.25) is 9.36 Å². The molecule has 5 rings (SSSR count). The minimum Gasteiger partial charge on any atom is -0.488 e. The predicted molar refractivity (Wildman–Crippen MR) is 149 cm³/mol. The Morgan fingerprint density at radius 3 is 2.45 bits per heavy atom. The first-order valence-corrected chi connectivity index (χ1v) is 13.3. The molecule has 1 atom stereocenters. The fourth-order valence-corrected chi connectivity index (χ4v) is 5.50. The number of ether oxygens (including phenoxy) is 2. The summed E-state index contributed by atoms with van der Waals surface area (Å²) < 4.78 is 13.6. The number of aromatic nitrogens is 1. The Morgan fingerprint density at radius 2 is 1.71 bits per heavy atom. The van der Waals surface area contributed by atoms with Crippen LogP contribution in [0.1, 0.15) is 42.1 Å². The Kier molecular flexibility index (Phi) is 7.38. The molecule has 192 valence electrons. The predicted octanol–water partition coefficient (Wildman–Crippen LogP) is 4.69. The van der Waals surface area contributed by atoms with Gasteiger partial charge in [-0.05, 0) is 44.0 Å². The van der Waals surface area contributed by atoms with Crippen molar-refractivity contribution < 1.29 is 14.3 Å². The standard InChI is InChI=1S/C31H28N2O4S/c1-4-36-30(35)27-21(3)32-31-33(28(27)23-16-14-20(2)15-17-23)29(34)26(38-31)18-24-12-8-9-13-25(24)37-19-22-10-6-5-7-11-22/h5-18,28H,4,19H2,1-3H3/b26-18-/t28-/m0/s1. The van der Waals surface area contributed by atoms with E-state index in [9.17, 15) is 9.59 Å². The number of thiazole rings is 1. The number of carbonyl (C=O) groups is 1. The molecule has 0 fully saturated rings. The van der Waals surface area contributed by atoms with Crippen molar-refractivity contribution in [3.05, 3.63) is 132 Å². The number of para-hydroxylation sites is 1. The smallest absolute Gasteiger partial charge is 0.338 e. The molecule has 0 aliphatic carbocycles. The third kappa shape index (κ3) is 5.10. The van der Waals surface area contributed by atoms with E-state index in [1.54, 1.807) is 18.4 Å². The van der Waals surface area contributed by atoms with Gasteiger partial charge in [0.1, 0.15) is 12.4 Å². The second-order valence-corrected chi connectivity index (χ2v) is 10.0. The van der Waals surface area contributed by atoms with Crippen molar-refractivity contribution >= 4 is 23.4 Å². The Bertz CT molecular complexity index is 1680. The molecule has 38 heavy (non-hydrogen) atoms. The summed E-state index contributed by atoms with van der Waals surface area (Å²) in [5.41, 5.74) is 4.48. The van der Waals surface area contributed by atoms with Crippen molar-refractivity contribution in [2.75, 3.05) is 6.61 Å². The van der Waals surface area contributed by atoms with E-state index < -0.39 is 12.0 Å². The molecule has 0 spiro atoms. The highest BCUT2D eigenvalue weighted by Gasteiger charge is 2.33. The van der Waals surface area contributed by atoms with Gasteiger partial charge in [0.05, 0.1) is 28.5 Å². The number of fused-ring (bicyclic) bond motifs is 1. The van der Waals surface area contributed by atoms with Gasteiger partial charge in [0.2, 0.25) is 0 Å². The van der Waals surface area contributed by atoms with Crippen LogP contribution in [0.3, 0.4) is 0 Å². The van der Waals surface area contributed by atoms with Crippen LogP contribution in [0.25, 0.3) is 6.08 Å². The molecule has 1 aliphatic heterocycles. The largest absolute Gasteiger partial charge is 0.488 e. The van der Waals surface area contributed by atoms with Crippen molar-refractivity contribution in [2.45, 2.75) is 33.4 Å². The average Bonchev–Trinajstić information content (AvgIpc) is 3.22. The van der Waals surface area contributed by atoms with Gasteiger partial charge >= 0.3 is 5.97 Å². The number of rotatable bonds is 7. The molecule has 0 amide bonds. The summed E-state index contributed by atoms with van der Waals surface area (Å²) in [7, 11) is 0. The maximum atomic E-state index is 13.9. The number of benzene rings is 3. The highest BCUT2D eigenvalue weighted by atomic mass is 32.1. The number of esters is 1. The van der Waals surface area contributed by atoms with Crippen LogP contribution in [0.2, 0.25) is 0 Å². The molecule has 6 nitrogen and oxygen atoms in total. The Balaban J connectivity index is 1.61. The van der Waals surface area contributed by atoms with Gasteiger partial charge < -0.3 is 9.47 Å². The quantitative estimate of drug-likeness (QED) is 0.329. The summed E-state index contributed by atoms with van der Waals surface area (Å²) in [4.78, 5) is 32.1. The van der Waals surface area contributed by atoms with Crippen LogP contribution < -0.4 is 19.6 Å². The van der Waals surface area contributed by atoms with Gasteiger partial charge in [0.25, 0.3) is 5.56 Å². The second-order valence-electron chi connectivity index (χ2n) is 9.03. The zero-order valence-corrected chi connectivity index (χ0v) is 22.3. The van der Waals surface area contributed by atoms with Crippen LogP contribution in [0.4, 0.5) is 0 Å². The molecular weight excluding hydrogens is 496 g/mol. The Labute approximate surface area is 224 Å². The molecule has 0 radical (unpaired) electrons. The summed E-state index contributed by atoms with van der Waals surface area (Å²) in [6.45, 7) is 6.21. The first-order valence-electron chi connectivity index (χ1n) is 12.5. The number of aryl methyl sites for hydroxylation is 1. The third-order valence-electron chi connectivity index (χ3n) is 6.35. The van der Waals surface area contributed by atoms with Crippen molar-refractivity contribution in [1.82, 2.24) is 4.57 Å². The highest BCUT2D eigenvalue weighted by molar-refractivity contribution is 7.07. The highest BCUT2D eigenvalue weighted by Crippen LogP contribution is 2.31. The van der Waals surface area contributed by atoms with E-state index >= 15 is 0 Å². The zero-order chi connectivity index (χ0) is 26.6. The maximum Gasteiger partial charge on any atom is 0.338 e. The molecule has 0 N–H and O–H groups in total. The van der Waals surface area contributed by atoms with Gasteiger partial charge in [-0.1, -0.05) is 89.7 Å². The van der Waals surface area contributed by atoms with Gasteiger partial charge in [-0.2, -0.15) is 0 Å². The number of hydrogen-bond donors (Lipinski definition) is 0. The van der Waals surface area contributed by atoms with Gasteiger partial charge in [-0.25, -0.2) is 9.79 Å². The maximum absolute atomic E-state index is 13.9. The van der Waals surface area contributed by atoms with Gasteiger partial charge in [0.15, 0.2) is 4.80 Å². The number of allylic oxidation sites excluding steroid dienone is 1. The van der Waals surface area contributed by atoms with E-state index in [0.717, 1.165) is 22.3 Å². The lowest BCUT2D eigenvalue weighted by atomic mass is 9.95. The summed E-state index contributed by atoms with van der Waals surface area (Å²) in [5.74, 6) is 0.217. The lowest BCUT2D eigenvalue weighted by Crippen LogP contribution is -2.39. The molecule has 0 saturated carbocycles. The monoisotopic (exact) mass is 524 g/mol. The average molecular weight is 525 g/mol. The van der Waals surface area contributed by atoms with Crippen LogP contribution in [0.15, 0.2) is 99.9 Å². The van der Waals surface area contributed by atoms with E-state index in [2.05, 4.69) is 4.99 Å². The Hall–Kier alpha value is -4.23. The number of hydrogen-bond acceptors (Lipinski definition) is 6. The van der Waals surface area contributed by atoms with Crippen molar-refractivity contribution in [1.29, 1.82) is 0 Å². The third-order valence-corrected chi connectivity index (χ3v) is 7.34. The lowest BCUT2D eigenvalue weighted by molar-refractivity contribution is -0.139. The van der Waals surface area contributed by atoms with Crippen molar-refractivity contribution in [2.24, 2.45) is 4.99 Å². The molecule has 0 saturated heterocycles. The minimum atomic E-state index is -0.627. The molecule has 0 bridgehead atoms. The van der Waals surface area contributed by atoms with E-state index in [0.29, 0.717) is 33.0 Å². The number of nitrogens with zero attached hydrogens (tertiary/aromatic N) is 2.